The van der Waals surface area contributed by atoms with Crippen LogP contribution in [0, 0.1) is 0 Å². The summed E-state index contributed by atoms with van der Waals surface area (Å²) in [5.41, 5.74) is 4.78. The first-order valence-corrected chi connectivity index (χ1v) is 7.13. The minimum absolute atomic E-state index is 0.135. The van der Waals surface area contributed by atoms with Crippen molar-refractivity contribution in [3.8, 4) is 5.75 Å². The topological polar surface area (TPSA) is 142 Å². The van der Waals surface area contributed by atoms with E-state index in [9.17, 15) is 18.0 Å². The summed E-state index contributed by atoms with van der Waals surface area (Å²) in [5.74, 6) is -0.989. The van der Waals surface area contributed by atoms with E-state index in [2.05, 4.69) is 0 Å². The number of rotatable bonds is 4. The van der Waals surface area contributed by atoms with Crippen LogP contribution in [-0.4, -0.2) is 26.5 Å². The van der Waals surface area contributed by atoms with Gasteiger partial charge in [-0.15, -0.1) is 0 Å². The lowest BCUT2D eigenvalue weighted by Gasteiger charge is -2.15. The van der Waals surface area contributed by atoms with Crippen LogP contribution in [0.2, 0.25) is 5.02 Å². The Kier molecular flexibility index (Phi) is 4.93. The molecular weight excluding hydrogens is 310 g/mol. The summed E-state index contributed by atoms with van der Waals surface area (Å²) in [4.78, 5) is 21.6. The fourth-order valence-corrected chi connectivity index (χ4v) is 2.19. The highest BCUT2D eigenvalue weighted by Gasteiger charge is 2.21. The number of primary amides is 1. The fourth-order valence-electron chi connectivity index (χ4n) is 1.27. The number of carbonyl (C=O) groups excluding carboxylic acids is 2. The molecule has 1 rings (SSSR count). The largest absolute Gasteiger partial charge is 0.479 e. The highest BCUT2D eigenvalue weighted by molar-refractivity contribution is 7.89. The number of ether oxygens (including phenoxy) is 1. The lowest BCUT2D eigenvalue weighted by Crippen LogP contribution is -2.42. The van der Waals surface area contributed by atoms with Crippen LogP contribution in [0.5, 0.6) is 5.75 Å². The number of primary sulfonamides is 1. The molecule has 8 nitrogen and oxygen atoms in total. The first-order valence-electron chi connectivity index (χ1n) is 5.20. The molecule has 20 heavy (non-hydrogen) atoms. The average Bonchev–Trinajstić information content (AvgIpc) is 2.29. The lowest BCUT2D eigenvalue weighted by molar-refractivity contribution is -0.126. The third kappa shape index (κ3) is 4.37. The number of halogens is 1. The first kappa shape index (κ1) is 16.2. The summed E-state index contributed by atoms with van der Waals surface area (Å²) in [7, 11) is -4.08. The van der Waals surface area contributed by atoms with Crippen molar-refractivity contribution >= 4 is 33.6 Å². The molecule has 1 aromatic rings. The number of hydrogen-bond donors (Lipinski definition) is 3. The van der Waals surface area contributed by atoms with E-state index in [0.29, 0.717) is 0 Å². The quantitative estimate of drug-likeness (QED) is 0.712. The number of sulfonamides is 1. The van der Waals surface area contributed by atoms with Gasteiger partial charge in [0, 0.05) is 5.02 Å². The molecule has 0 fully saturated rings. The van der Waals surface area contributed by atoms with E-state index >= 15 is 0 Å². The van der Waals surface area contributed by atoms with Crippen molar-refractivity contribution in [1.29, 1.82) is 0 Å². The number of benzene rings is 1. The Morgan fingerprint density at radius 1 is 1.40 bits per heavy atom. The Bertz CT molecular complexity index is 646. The normalized spacial score (nSPS) is 12.6. The molecule has 0 spiro atoms. The van der Waals surface area contributed by atoms with Gasteiger partial charge in [-0.1, -0.05) is 11.6 Å². The lowest BCUT2D eigenvalue weighted by atomic mass is 10.3. The molecule has 10 heteroatoms. The maximum atomic E-state index is 11.4. The summed E-state index contributed by atoms with van der Waals surface area (Å²) >= 11 is 5.67. The number of hydrogen-bond acceptors (Lipinski definition) is 5. The summed E-state index contributed by atoms with van der Waals surface area (Å²) in [6, 6.07) is 2.65. The molecule has 0 radical (unpaired) electrons. The number of urea groups is 1. The van der Waals surface area contributed by atoms with Gasteiger partial charge in [0.1, 0.15) is 10.6 Å². The maximum Gasteiger partial charge on any atom is 0.318 e. The van der Waals surface area contributed by atoms with E-state index in [-0.39, 0.29) is 15.7 Å². The molecule has 3 amide bonds. The van der Waals surface area contributed by atoms with Gasteiger partial charge in [-0.3, -0.25) is 10.1 Å². The van der Waals surface area contributed by atoms with Crippen molar-refractivity contribution in [2.75, 3.05) is 0 Å². The summed E-state index contributed by atoms with van der Waals surface area (Å²) in [6.45, 7) is 1.31. The molecule has 1 aromatic carbocycles. The van der Waals surface area contributed by atoms with Crippen molar-refractivity contribution in [1.82, 2.24) is 5.32 Å². The Labute approximate surface area is 120 Å². The fraction of sp³-hybridized carbons (Fsp3) is 0.200. The van der Waals surface area contributed by atoms with Gasteiger partial charge in [-0.2, -0.15) is 0 Å². The Balaban J connectivity index is 3.04. The van der Waals surface area contributed by atoms with Gasteiger partial charge in [0.25, 0.3) is 5.91 Å². The van der Waals surface area contributed by atoms with Crippen LogP contribution in [-0.2, 0) is 14.8 Å². The number of imide groups is 1. The van der Waals surface area contributed by atoms with Crippen LogP contribution >= 0.6 is 11.6 Å². The van der Waals surface area contributed by atoms with Crippen LogP contribution < -0.4 is 20.9 Å². The molecule has 0 bridgehead atoms. The summed E-state index contributed by atoms with van der Waals surface area (Å²) in [6.07, 6.45) is -1.16. The van der Waals surface area contributed by atoms with E-state index in [1.807, 2.05) is 0 Å². The van der Waals surface area contributed by atoms with Gasteiger partial charge in [-0.25, -0.2) is 18.4 Å². The predicted octanol–water partition coefficient (Wildman–Crippen LogP) is -0.0504. The number of nitrogens with two attached hydrogens (primary N) is 2. The second-order valence-corrected chi connectivity index (χ2v) is 5.72. The molecule has 1 atom stereocenters. The van der Waals surface area contributed by atoms with Crippen LogP contribution in [0.15, 0.2) is 23.1 Å². The molecule has 0 heterocycles. The molecule has 0 aliphatic rings. The maximum absolute atomic E-state index is 11.4. The zero-order valence-electron chi connectivity index (χ0n) is 10.3. The van der Waals surface area contributed by atoms with Gasteiger partial charge in [0.2, 0.25) is 10.0 Å². The molecule has 0 aliphatic carbocycles. The minimum Gasteiger partial charge on any atom is -0.479 e. The second-order valence-electron chi connectivity index (χ2n) is 3.75. The monoisotopic (exact) mass is 321 g/mol. The third-order valence-electron chi connectivity index (χ3n) is 2.13. The highest BCUT2D eigenvalue weighted by atomic mass is 35.5. The van der Waals surface area contributed by atoms with Crippen molar-refractivity contribution < 1.29 is 22.7 Å². The Morgan fingerprint density at radius 2 is 2.00 bits per heavy atom. The minimum atomic E-state index is -4.08. The van der Waals surface area contributed by atoms with Crippen LogP contribution in [0.3, 0.4) is 0 Å². The van der Waals surface area contributed by atoms with Crippen molar-refractivity contribution in [3.63, 3.8) is 0 Å². The van der Waals surface area contributed by atoms with Crippen molar-refractivity contribution in [2.24, 2.45) is 10.9 Å². The van der Waals surface area contributed by atoms with Gasteiger partial charge >= 0.3 is 6.03 Å². The molecule has 5 N–H and O–H groups in total. The van der Waals surface area contributed by atoms with Gasteiger partial charge in [0.15, 0.2) is 6.10 Å². The SMILES string of the molecule is CC(Oc1ccc(Cl)cc1S(N)(=O)=O)C(=O)NC(N)=O. The van der Waals surface area contributed by atoms with E-state index < -0.39 is 28.1 Å². The Morgan fingerprint density at radius 3 is 2.50 bits per heavy atom. The molecule has 1 unspecified atom stereocenters. The highest BCUT2D eigenvalue weighted by Crippen LogP contribution is 2.27. The molecule has 0 saturated carbocycles. The Hall–Kier alpha value is -1.84. The van der Waals surface area contributed by atoms with Gasteiger partial charge in [-0.05, 0) is 25.1 Å². The van der Waals surface area contributed by atoms with Crippen LogP contribution in [0.4, 0.5) is 4.79 Å². The zero-order chi connectivity index (χ0) is 15.5. The van der Waals surface area contributed by atoms with E-state index in [4.69, 9.17) is 27.2 Å². The van der Waals surface area contributed by atoms with Crippen molar-refractivity contribution in [2.45, 2.75) is 17.9 Å². The second kappa shape index (κ2) is 6.07. The summed E-state index contributed by atoms with van der Waals surface area (Å²) < 4.78 is 28.0. The van der Waals surface area contributed by atoms with Crippen molar-refractivity contribution in [3.05, 3.63) is 23.2 Å². The summed E-state index contributed by atoms with van der Waals surface area (Å²) in [5, 5.41) is 6.95. The zero-order valence-corrected chi connectivity index (χ0v) is 11.9. The molecule has 0 aromatic heterocycles. The van der Waals surface area contributed by atoms with Gasteiger partial charge < -0.3 is 10.5 Å². The first-order chi connectivity index (χ1) is 9.11. The van der Waals surface area contributed by atoms with E-state index in [1.54, 1.807) is 5.32 Å². The van der Waals surface area contributed by atoms with E-state index in [0.717, 1.165) is 6.07 Å². The number of nitrogens with one attached hydrogen (secondary N) is 1. The average molecular weight is 322 g/mol. The smallest absolute Gasteiger partial charge is 0.318 e. The predicted molar refractivity (Wildman–Crippen MR) is 70.6 cm³/mol. The molecular formula is C10H12ClN3O5S. The van der Waals surface area contributed by atoms with Gasteiger partial charge in [0.05, 0.1) is 0 Å². The van der Waals surface area contributed by atoms with Crippen LogP contribution in [0.1, 0.15) is 6.92 Å². The molecule has 0 aliphatic heterocycles. The molecule has 0 saturated heterocycles. The van der Waals surface area contributed by atoms with E-state index in [1.165, 1.54) is 19.1 Å². The number of carbonyl (C=O) groups is 2. The number of amides is 3. The van der Waals surface area contributed by atoms with Crippen LogP contribution in [0.25, 0.3) is 0 Å². The standard InChI is InChI=1S/C10H12ClN3O5S/c1-5(9(15)14-10(12)16)19-7-3-2-6(11)4-8(7)20(13,17)18/h2-5H,1H3,(H2,13,17,18)(H3,12,14,15,16). The molecule has 110 valence electrons. The third-order valence-corrected chi connectivity index (χ3v) is 3.30.